The standard InChI is InChI=1S/C12H16N4/c1-8-11(15-12(13)14-8)9-4-6-10(7-5-9)16(2)3/h4-7H,1-3H3,(H3,13,14,15). The molecule has 4 nitrogen and oxygen atoms in total. The fourth-order valence-corrected chi connectivity index (χ4v) is 1.68. The van der Waals surface area contributed by atoms with Crippen molar-refractivity contribution in [3.63, 3.8) is 0 Å². The van der Waals surface area contributed by atoms with Crippen molar-refractivity contribution in [2.24, 2.45) is 0 Å². The zero-order valence-corrected chi connectivity index (χ0v) is 9.78. The molecule has 0 fully saturated rings. The molecule has 84 valence electrons. The van der Waals surface area contributed by atoms with Crippen LogP contribution in [0.3, 0.4) is 0 Å². The highest BCUT2D eigenvalue weighted by molar-refractivity contribution is 5.66. The van der Waals surface area contributed by atoms with E-state index in [1.807, 2.05) is 21.0 Å². The summed E-state index contributed by atoms with van der Waals surface area (Å²) in [5.41, 5.74) is 9.79. The van der Waals surface area contributed by atoms with E-state index in [9.17, 15) is 0 Å². The lowest BCUT2D eigenvalue weighted by atomic mass is 10.1. The Balaban J connectivity index is 2.38. The van der Waals surface area contributed by atoms with Crippen molar-refractivity contribution in [2.45, 2.75) is 6.92 Å². The second-order valence-corrected chi connectivity index (χ2v) is 4.04. The topological polar surface area (TPSA) is 57.9 Å². The Bertz CT molecular complexity index is 482. The summed E-state index contributed by atoms with van der Waals surface area (Å²) in [5, 5.41) is 0. The molecule has 1 aromatic carbocycles. The zero-order valence-electron chi connectivity index (χ0n) is 9.78. The molecule has 0 atom stereocenters. The third-order valence-corrected chi connectivity index (χ3v) is 2.56. The summed E-state index contributed by atoms with van der Waals surface area (Å²) in [4.78, 5) is 9.33. The molecule has 0 aliphatic rings. The summed E-state index contributed by atoms with van der Waals surface area (Å²) in [6, 6.07) is 8.25. The van der Waals surface area contributed by atoms with Crippen LogP contribution in [0.5, 0.6) is 0 Å². The molecule has 2 rings (SSSR count). The number of rotatable bonds is 2. The molecule has 0 aliphatic heterocycles. The molecule has 2 aromatic rings. The third kappa shape index (κ3) is 1.86. The molecule has 0 saturated carbocycles. The number of anilines is 2. The van der Waals surface area contributed by atoms with Crippen molar-refractivity contribution in [3.8, 4) is 11.3 Å². The van der Waals surface area contributed by atoms with E-state index in [-0.39, 0.29) is 0 Å². The first-order valence-electron chi connectivity index (χ1n) is 5.18. The highest BCUT2D eigenvalue weighted by atomic mass is 15.1. The van der Waals surface area contributed by atoms with E-state index < -0.39 is 0 Å². The zero-order chi connectivity index (χ0) is 11.7. The monoisotopic (exact) mass is 216 g/mol. The molecule has 1 aromatic heterocycles. The molecule has 0 amide bonds. The van der Waals surface area contributed by atoms with Crippen LogP contribution in [0.1, 0.15) is 5.69 Å². The van der Waals surface area contributed by atoms with Crippen LogP contribution in [0.15, 0.2) is 24.3 Å². The van der Waals surface area contributed by atoms with Gasteiger partial charge in [-0.1, -0.05) is 12.1 Å². The molecular formula is C12H16N4. The number of aromatic amines is 1. The van der Waals surface area contributed by atoms with Crippen molar-refractivity contribution in [1.82, 2.24) is 9.97 Å². The van der Waals surface area contributed by atoms with Gasteiger partial charge in [0.15, 0.2) is 5.95 Å². The average Bonchev–Trinajstić information content (AvgIpc) is 2.58. The summed E-state index contributed by atoms with van der Waals surface area (Å²) in [5.74, 6) is 0.462. The predicted molar refractivity (Wildman–Crippen MR) is 67.5 cm³/mol. The van der Waals surface area contributed by atoms with E-state index in [0.717, 1.165) is 17.0 Å². The number of benzene rings is 1. The average molecular weight is 216 g/mol. The van der Waals surface area contributed by atoms with Crippen LogP contribution in [-0.4, -0.2) is 24.1 Å². The summed E-state index contributed by atoms with van der Waals surface area (Å²) in [6.07, 6.45) is 0. The Kier molecular flexibility index (Phi) is 2.56. The quantitative estimate of drug-likeness (QED) is 0.807. The van der Waals surface area contributed by atoms with Crippen molar-refractivity contribution < 1.29 is 0 Å². The van der Waals surface area contributed by atoms with Crippen LogP contribution in [0.2, 0.25) is 0 Å². The molecule has 0 aliphatic carbocycles. The highest BCUT2D eigenvalue weighted by Crippen LogP contribution is 2.24. The van der Waals surface area contributed by atoms with Crippen LogP contribution in [0.25, 0.3) is 11.3 Å². The second kappa shape index (κ2) is 3.89. The number of nitrogens with two attached hydrogens (primary N) is 1. The van der Waals surface area contributed by atoms with Crippen molar-refractivity contribution in [2.75, 3.05) is 24.7 Å². The first kappa shape index (κ1) is 10.5. The van der Waals surface area contributed by atoms with Crippen molar-refractivity contribution in [1.29, 1.82) is 0 Å². The predicted octanol–water partition coefficient (Wildman–Crippen LogP) is 2.03. The Labute approximate surface area is 95.1 Å². The largest absolute Gasteiger partial charge is 0.378 e. The van der Waals surface area contributed by atoms with Crippen LogP contribution in [0, 0.1) is 6.92 Å². The van der Waals surface area contributed by atoms with E-state index >= 15 is 0 Å². The van der Waals surface area contributed by atoms with E-state index in [0.29, 0.717) is 5.95 Å². The number of nitrogens with one attached hydrogen (secondary N) is 1. The SMILES string of the molecule is Cc1[nH]c(N)nc1-c1ccc(N(C)C)cc1. The van der Waals surface area contributed by atoms with Gasteiger partial charge in [0.05, 0.1) is 5.69 Å². The van der Waals surface area contributed by atoms with Crippen molar-refractivity contribution >= 4 is 11.6 Å². The maximum Gasteiger partial charge on any atom is 0.198 e. The molecule has 0 radical (unpaired) electrons. The number of hydrogen-bond acceptors (Lipinski definition) is 3. The summed E-state index contributed by atoms with van der Waals surface area (Å²) in [7, 11) is 4.04. The molecule has 0 unspecified atom stereocenters. The third-order valence-electron chi connectivity index (χ3n) is 2.56. The molecule has 0 spiro atoms. The fraction of sp³-hybridized carbons (Fsp3) is 0.250. The number of H-pyrrole nitrogens is 1. The van der Waals surface area contributed by atoms with Gasteiger partial charge in [-0.2, -0.15) is 0 Å². The first-order valence-corrected chi connectivity index (χ1v) is 5.18. The maximum atomic E-state index is 5.62. The van der Waals surface area contributed by atoms with Crippen LogP contribution in [0.4, 0.5) is 11.6 Å². The minimum absolute atomic E-state index is 0.462. The van der Waals surface area contributed by atoms with Gasteiger partial charge >= 0.3 is 0 Å². The van der Waals surface area contributed by atoms with E-state index in [1.54, 1.807) is 0 Å². The summed E-state index contributed by atoms with van der Waals surface area (Å²) >= 11 is 0. The molecule has 4 heteroatoms. The van der Waals surface area contributed by atoms with Gasteiger partial charge in [-0.3, -0.25) is 0 Å². The number of imidazole rings is 1. The Hall–Kier alpha value is -1.97. The van der Waals surface area contributed by atoms with Gasteiger partial charge in [-0.15, -0.1) is 0 Å². The summed E-state index contributed by atoms with van der Waals surface area (Å²) < 4.78 is 0. The number of nitrogen functional groups attached to an aromatic ring is 1. The Morgan fingerprint density at radius 3 is 2.25 bits per heavy atom. The molecule has 1 heterocycles. The van der Waals surface area contributed by atoms with Gasteiger partial charge in [0.1, 0.15) is 0 Å². The molecular weight excluding hydrogens is 200 g/mol. The molecule has 0 bridgehead atoms. The van der Waals surface area contributed by atoms with Gasteiger partial charge in [0, 0.05) is 31.0 Å². The van der Waals surface area contributed by atoms with E-state index in [2.05, 4.69) is 39.1 Å². The van der Waals surface area contributed by atoms with Crippen molar-refractivity contribution in [3.05, 3.63) is 30.0 Å². The number of nitrogens with zero attached hydrogens (tertiary/aromatic N) is 2. The highest BCUT2D eigenvalue weighted by Gasteiger charge is 2.07. The van der Waals surface area contributed by atoms with Gasteiger partial charge in [0.25, 0.3) is 0 Å². The molecule has 0 saturated heterocycles. The van der Waals surface area contributed by atoms with E-state index in [4.69, 9.17) is 5.73 Å². The number of hydrogen-bond donors (Lipinski definition) is 2. The smallest absolute Gasteiger partial charge is 0.198 e. The van der Waals surface area contributed by atoms with Gasteiger partial charge in [-0.05, 0) is 19.1 Å². The lowest BCUT2D eigenvalue weighted by Gasteiger charge is -2.12. The van der Waals surface area contributed by atoms with Crippen LogP contribution in [-0.2, 0) is 0 Å². The second-order valence-electron chi connectivity index (χ2n) is 4.04. The Morgan fingerprint density at radius 1 is 1.19 bits per heavy atom. The van der Waals surface area contributed by atoms with Crippen LogP contribution < -0.4 is 10.6 Å². The Morgan fingerprint density at radius 2 is 1.81 bits per heavy atom. The fourth-order valence-electron chi connectivity index (χ4n) is 1.68. The lowest BCUT2D eigenvalue weighted by Crippen LogP contribution is -2.07. The van der Waals surface area contributed by atoms with Gasteiger partial charge < -0.3 is 15.6 Å². The van der Waals surface area contributed by atoms with Crippen LogP contribution >= 0.6 is 0 Å². The molecule has 16 heavy (non-hydrogen) atoms. The molecule has 3 N–H and O–H groups in total. The number of aryl methyl sites for hydroxylation is 1. The first-order chi connectivity index (χ1) is 7.58. The maximum absolute atomic E-state index is 5.62. The van der Waals surface area contributed by atoms with Gasteiger partial charge in [0.2, 0.25) is 0 Å². The number of aromatic nitrogens is 2. The van der Waals surface area contributed by atoms with Gasteiger partial charge in [-0.25, -0.2) is 4.98 Å². The lowest BCUT2D eigenvalue weighted by molar-refractivity contribution is 1.13. The summed E-state index contributed by atoms with van der Waals surface area (Å²) in [6.45, 7) is 1.97. The minimum Gasteiger partial charge on any atom is -0.378 e. The van der Waals surface area contributed by atoms with E-state index in [1.165, 1.54) is 5.69 Å². The normalized spacial score (nSPS) is 10.4. The minimum atomic E-state index is 0.462.